The molecular formula is C39H26N2O. The lowest BCUT2D eigenvalue weighted by molar-refractivity contribution is 0.669. The van der Waals surface area contributed by atoms with Gasteiger partial charge in [-0.25, -0.2) is 0 Å². The Morgan fingerprint density at radius 1 is 0.476 bits per heavy atom. The minimum atomic E-state index is 0.839. The first-order chi connectivity index (χ1) is 20.8. The van der Waals surface area contributed by atoms with E-state index in [1.807, 2.05) is 30.5 Å². The van der Waals surface area contributed by atoms with Crippen LogP contribution in [0.2, 0.25) is 0 Å². The maximum Gasteiger partial charge on any atom is 0.159 e. The summed E-state index contributed by atoms with van der Waals surface area (Å²) in [7, 11) is 0. The first-order valence-corrected chi connectivity index (χ1v) is 14.1. The van der Waals surface area contributed by atoms with Crippen LogP contribution in [0.5, 0.6) is 0 Å². The van der Waals surface area contributed by atoms with Crippen LogP contribution in [0.25, 0.3) is 55.1 Å². The molecule has 0 aliphatic carbocycles. The highest BCUT2D eigenvalue weighted by molar-refractivity contribution is 6.13. The van der Waals surface area contributed by atoms with Crippen molar-refractivity contribution >= 4 is 49.9 Å². The van der Waals surface area contributed by atoms with E-state index in [2.05, 4.69) is 137 Å². The van der Waals surface area contributed by atoms with Crippen LogP contribution in [0.15, 0.2) is 162 Å². The number of anilines is 3. The van der Waals surface area contributed by atoms with E-state index in [-0.39, 0.29) is 0 Å². The maximum absolute atomic E-state index is 6.57. The number of para-hydroxylation sites is 2. The molecule has 0 unspecified atom stereocenters. The molecule has 3 nitrogen and oxygen atoms in total. The van der Waals surface area contributed by atoms with E-state index in [4.69, 9.17) is 4.42 Å². The molecule has 0 aliphatic rings. The fourth-order valence-corrected chi connectivity index (χ4v) is 5.82. The van der Waals surface area contributed by atoms with Crippen LogP contribution in [-0.4, -0.2) is 4.98 Å². The number of pyridine rings is 1. The highest BCUT2D eigenvalue weighted by Gasteiger charge is 2.19. The molecule has 2 aromatic heterocycles. The predicted molar refractivity (Wildman–Crippen MR) is 175 cm³/mol. The molecule has 0 fully saturated rings. The fourth-order valence-electron chi connectivity index (χ4n) is 5.82. The van der Waals surface area contributed by atoms with Crippen molar-refractivity contribution in [2.24, 2.45) is 0 Å². The van der Waals surface area contributed by atoms with Crippen molar-refractivity contribution in [3.8, 4) is 22.3 Å². The zero-order valence-corrected chi connectivity index (χ0v) is 22.8. The molecule has 6 aromatic carbocycles. The monoisotopic (exact) mass is 538 g/mol. The van der Waals surface area contributed by atoms with E-state index >= 15 is 0 Å². The molecule has 0 saturated heterocycles. The average Bonchev–Trinajstić information content (AvgIpc) is 3.43. The molecule has 0 atom stereocenters. The summed E-state index contributed by atoms with van der Waals surface area (Å²) >= 11 is 0. The Labute approximate surface area is 243 Å². The van der Waals surface area contributed by atoms with Gasteiger partial charge in [-0.05, 0) is 64.7 Å². The number of hydrogen-bond donors (Lipinski definition) is 0. The highest BCUT2D eigenvalue weighted by Crippen LogP contribution is 2.43. The molecule has 198 valence electrons. The summed E-state index contributed by atoms with van der Waals surface area (Å²) in [6.45, 7) is 0. The zero-order valence-electron chi connectivity index (χ0n) is 22.8. The van der Waals surface area contributed by atoms with Crippen LogP contribution in [0.4, 0.5) is 17.1 Å². The molecule has 0 aliphatic heterocycles. The summed E-state index contributed by atoms with van der Waals surface area (Å²) in [5.41, 5.74) is 10.5. The van der Waals surface area contributed by atoms with Gasteiger partial charge in [0.15, 0.2) is 5.58 Å². The van der Waals surface area contributed by atoms with Gasteiger partial charge in [-0.2, -0.15) is 0 Å². The van der Waals surface area contributed by atoms with Gasteiger partial charge >= 0.3 is 0 Å². The lowest BCUT2D eigenvalue weighted by Gasteiger charge is -2.25. The quantitative estimate of drug-likeness (QED) is 0.218. The zero-order chi connectivity index (χ0) is 27.9. The van der Waals surface area contributed by atoms with E-state index in [0.29, 0.717) is 0 Å². The van der Waals surface area contributed by atoms with Gasteiger partial charge in [-0.1, -0.05) is 103 Å². The van der Waals surface area contributed by atoms with Gasteiger partial charge in [0, 0.05) is 39.8 Å². The maximum atomic E-state index is 6.57. The SMILES string of the molecule is c1ccc(-c2ccc(-c3ccc(N(c4ccccc4)c4cccc5c4oc4cc6ncccc6cc45)cc3)cc2)cc1. The van der Waals surface area contributed by atoms with Gasteiger partial charge in [-0.15, -0.1) is 0 Å². The van der Waals surface area contributed by atoms with E-state index in [0.717, 1.165) is 49.9 Å². The van der Waals surface area contributed by atoms with E-state index < -0.39 is 0 Å². The minimum absolute atomic E-state index is 0.839. The van der Waals surface area contributed by atoms with Crippen molar-refractivity contribution in [1.29, 1.82) is 0 Å². The molecule has 0 N–H and O–H groups in total. The number of aromatic nitrogens is 1. The molecule has 2 heterocycles. The Morgan fingerprint density at radius 2 is 1.10 bits per heavy atom. The van der Waals surface area contributed by atoms with Crippen LogP contribution in [0.3, 0.4) is 0 Å². The molecule has 0 amide bonds. The highest BCUT2D eigenvalue weighted by atomic mass is 16.3. The summed E-state index contributed by atoms with van der Waals surface area (Å²) in [6, 6.07) is 53.1. The Hall–Kier alpha value is -5.67. The lowest BCUT2D eigenvalue weighted by Crippen LogP contribution is -2.10. The summed E-state index contributed by atoms with van der Waals surface area (Å²) in [5.74, 6) is 0. The predicted octanol–water partition coefficient (Wildman–Crippen LogP) is 10.9. The van der Waals surface area contributed by atoms with Crippen LogP contribution in [0, 0.1) is 0 Å². The summed E-state index contributed by atoms with van der Waals surface area (Å²) in [4.78, 5) is 6.81. The van der Waals surface area contributed by atoms with Gasteiger partial charge in [0.2, 0.25) is 0 Å². The Morgan fingerprint density at radius 3 is 1.81 bits per heavy atom. The summed E-state index contributed by atoms with van der Waals surface area (Å²) in [6.07, 6.45) is 1.82. The third kappa shape index (κ3) is 4.20. The Bertz CT molecular complexity index is 2170. The van der Waals surface area contributed by atoms with Gasteiger partial charge in [-0.3, -0.25) is 4.98 Å². The molecule has 8 aromatic rings. The van der Waals surface area contributed by atoms with Gasteiger partial charge in [0.05, 0.1) is 11.2 Å². The number of nitrogens with zero attached hydrogens (tertiary/aromatic N) is 2. The number of benzene rings is 6. The fraction of sp³-hybridized carbons (Fsp3) is 0. The van der Waals surface area contributed by atoms with Crippen molar-refractivity contribution in [2.45, 2.75) is 0 Å². The molecule has 42 heavy (non-hydrogen) atoms. The smallest absolute Gasteiger partial charge is 0.159 e. The number of fused-ring (bicyclic) bond motifs is 4. The summed E-state index contributed by atoms with van der Waals surface area (Å²) in [5, 5.41) is 3.28. The van der Waals surface area contributed by atoms with Gasteiger partial charge in [0.25, 0.3) is 0 Å². The normalized spacial score (nSPS) is 11.3. The standard InChI is InChI=1S/C39H26N2O/c1-3-9-27(10-4-1)28-16-18-29(19-17-28)30-20-22-33(23-21-30)41(32-12-5-2-6-13-32)37-15-7-14-34-35-25-31-11-8-24-40-36(31)26-38(35)42-39(34)37/h1-26H. The third-order valence-electron chi connectivity index (χ3n) is 7.91. The molecule has 0 spiro atoms. The Balaban J connectivity index is 1.22. The molecule has 0 radical (unpaired) electrons. The number of hydrogen-bond acceptors (Lipinski definition) is 3. The first-order valence-electron chi connectivity index (χ1n) is 14.1. The molecular weight excluding hydrogens is 512 g/mol. The minimum Gasteiger partial charge on any atom is -0.454 e. The van der Waals surface area contributed by atoms with Crippen molar-refractivity contribution < 1.29 is 4.42 Å². The van der Waals surface area contributed by atoms with Crippen LogP contribution < -0.4 is 4.90 Å². The number of furan rings is 1. The van der Waals surface area contributed by atoms with Crippen LogP contribution in [-0.2, 0) is 0 Å². The second-order valence-electron chi connectivity index (χ2n) is 10.5. The number of rotatable bonds is 5. The van der Waals surface area contributed by atoms with Crippen LogP contribution >= 0.6 is 0 Å². The van der Waals surface area contributed by atoms with E-state index in [1.165, 1.54) is 22.3 Å². The topological polar surface area (TPSA) is 29.3 Å². The second kappa shape index (κ2) is 10.1. The first kappa shape index (κ1) is 24.2. The molecule has 8 rings (SSSR count). The second-order valence-corrected chi connectivity index (χ2v) is 10.5. The lowest BCUT2D eigenvalue weighted by atomic mass is 10.00. The summed E-state index contributed by atoms with van der Waals surface area (Å²) < 4.78 is 6.57. The van der Waals surface area contributed by atoms with Crippen molar-refractivity contribution in [2.75, 3.05) is 4.90 Å². The molecule has 3 heteroatoms. The van der Waals surface area contributed by atoms with E-state index in [9.17, 15) is 0 Å². The van der Waals surface area contributed by atoms with Crippen molar-refractivity contribution in [3.63, 3.8) is 0 Å². The largest absolute Gasteiger partial charge is 0.454 e. The van der Waals surface area contributed by atoms with Crippen molar-refractivity contribution in [1.82, 2.24) is 4.98 Å². The van der Waals surface area contributed by atoms with Crippen molar-refractivity contribution in [3.05, 3.63) is 158 Å². The molecule has 0 bridgehead atoms. The molecule has 0 saturated carbocycles. The van der Waals surface area contributed by atoms with Gasteiger partial charge < -0.3 is 9.32 Å². The Kier molecular flexibility index (Phi) is 5.79. The van der Waals surface area contributed by atoms with Gasteiger partial charge in [0.1, 0.15) is 5.58 Å². The van der Waals surface area contributed by atoms with E-state index in [1.54, 1.807) is 0 Å². The van der Waals surface area contributed by atoms with Crippen LogP contribution in [0.1, 0.15) is 0 Å². The third-order valence-corrected chi connectivity index (χ3v) is 7.91. The average molecular weight is 539 g/mol.